The first kappa shape index (κ1) is 14.0. The second-order valence-electron chi connectivity index (χ2n) is 4.29. The van der Waals surface area contributed by atoms with Gasteiger partial charge in [0, 0.05) is 6.04 Å². The fraction of sp³-hybridized carbons (Fsp3) is 1.00. The molecular formula is C13H29N. The van der Waals surface area contributed by atoms with E-state index in [9.17, 15) is 0 Å². The van der Waals surface area contributed by atoms with E-state index in [0.717, 1.165) is 6.04 Å². The van der Waals surface area contributed by atoms with Gasteiger partial charge >= 0.3 is 0 Å². The van der Waals surface area contributed by atoms with E-state index in [1.807, 2.05) is 0 Å². The normalized spacial score (nSPS) is 20.4. The van der Waals surface area contributed by atoms with E-state index in [-0.39, 0.29) is 0 Å². The van der Waals surface area contributed by atoms with Crippen molar-refractivity contribution in [1.82, 2.24) is 5.32 Å². The smallest absolute Gasteiger partial charge is 0.00674 e. The Morgan fingerprint density at radius 2 is 1.64 bits per heavy atom. The van der Waals surface area contributed by atoms with E-state index in [2.05, 4.69) is 26.1 Å². The van der Waals surface area contributed by atoms with Gasteiger partial charge in [0.2, 0.25) is 0 Å². The molecular weight excluding hydrogens is 170 g/mol. The molecule has 0 aromatic carbocycles. The Morgan fingerprint density at radius 3 is 2.00 bits per heavy atom. The molecule has 1 unspecified atom stereocenters. The van der Waals surface area contributed by atoms with Crippen molar-refractivity contribution < 1.29 is 0 Å². The number of nitrogens with one attached hydrogen (secondary N) is 1. The number of unbranched alkanes of at least 4 members (excludes halogenated alkanes) is 3. The summed E-state index contributed by atoms with van der Waals surface area (Å²) in [6.45, 7) is 7.97. The van der Waals surface area contributed by atoms with E-state index in [4.69, 9.17) is 0 Å². The summed E-state index contributed by atoms with van der Waals surface area (Å²) in [7, 11) is 0. The van der Waals surface area contributed by atoms with Crippen molar-refractivity contribution in [1.29, 1.82) is 0 Å². The average molecular weight is 199 g/mol. The first-order chi connectivity index (χ1) is 6.85. The molecule has 1 fully saturated rings. The Balaban J connectivity index is 0.000000255. The molecule has 0 radical (unpaired) electrons. The molecule has 1 saturated heterocycles. The summed E-state index contributed by atoms with van der Waals surface area (Å²) >= 11 is 0. The zero-order valence-electron chi connectivity index (χ0n) is 10.4. The third kappa shape index (κ3) is 8.55. The highest BCUT2D eigenvalue weighted by Gasteiger charge is 2.11. The van der Waals surface area contributed by atoms with Crippen LogP contribution in [0.5, 0.6) is 0 Å². The Labute approximate surface area is 90.7 Å². The van der Waals surface area contributed by atoms with Gasteiger partial charge in [-0.05, 0) is 25.8 Å². The molecule has 0 saturated carbocycles. The second kappa shape index (κ2) is 11.0. The molecule has 1 atom stereocenters. The quantitative estimate of drug-likeness (QED) is 0.657. The van der Waals surface area contributed by atoms with Crippen LogP contribution in [0, 0.1) is 0 Å². The predicted molar refractivity (Wildman–Crippen MR) is 65.7 cm³/mol. The number of rotatable bonds is 5. The maximum Gasteiger partial charge on any atom is 0.00674 e. The lowest BCUT2D eigenvalue weighted by Crippen LogP contribution is -2.20. The van der Waals surface area contributed by atoms with Crippen LogP contribution < -0.4 is 5.32 Å². The van der Waals surface area contributed by atoms with Gasteiger partial charge in [0.05, 0.1) is 0 Å². The molecule has 1 N–H and O–H groups in total. The Morgan fingerprint density at radius 1 is 1.00 bits per heavy atom. The maximum atomic E-state index is 3.46. The average Bonchev–Trinajstić information content (AvgIpc) is 2.69. The van der Waals surface area contributed by atoms with Crippen LogP contribution in [0.1, 0.15) is 72.1 Å². The minimum Gasteiger partial charge on any atom is -0.314 e. The van der Waals surface area contributed by atoms with Gasteiger partial charge in [-0.15, -0.1) is 0 Å². The topological polar surface area (TPSA) is 12.0 Å². The van der Waals surface area contributed by atoms with Gasteiger partial charge in [-0.1, -0.05) is 52.9 Å². The van der Waals surface area contributed by atoms with E-state index in [1.54, 1.807) is 0 Å². The van der Waals surface area contributed by atoms with Crippen LogP contribution in [-0.2, 0) is 0 Å². The zero-order chi connectivity index (χ0) is 10.6. The summed E-state index contributed by atoms with van der Waals surface area (Å²) in [5.41, 5.74) is 0. The van der Waals surface area contributed by atoms with E-state index >= 15 is 0 Å². The lowest BCUT2D eigenvalue weighted by Gasteiger charge is -2.05. The third-order valence-electron chi connectivity index (χ3n) is 2.76. The maximum absolute atomic E-state index is 3.46. The molecule has 86 valence electrons. The monoisotopic (exact) mass is 199 g/mol. The lowest BCUT2D eigenvalue weighted by atomic mass is 10.1. The van der Waals surface area contributed by atoms with E-state index < -0.39 is 0 Å². The molecule has 1 rings (SSSR count). The van der Waals surface area contributed by atoms with Gasteiger partial charge in [-0.2, -0.15) is 0 Å². The molecule has 0 spiro atoms. The molecule has 0 amide bonds. The predicted octanol–water partition coefficient (Wildman–Crippen LogP) is 4.13. The van der Waals surface area contributed by atoms with Gasteiger partial charge < -0.3 is 5.32 Å². The SMILES string of the molecule is CCCC1CCCN1.CCCCCC. The van der Waals surface area contributed by atoms with Crippen LogP contribution in [0.4, 0.5) is 0 Å². The van der Waals surface area contributed by atoms with Gasteiger partial charge in [-0.3, -0.25) is 0 Å². The largest absolute Gasteiger partial charge is 0.314 e. The summed E-state index contributed by atoms with van der Waals surface area (Å²) in [6.07, 6.45) is 11.0. The van der Waals surface area contributed by atoms with Gasteiger partial charge in [0.1, 0.15) is 0 Å². The molecule has 1 aliphatic rings. The van der Waals surface area contributed by atoms with Crippen molar-refractivity contribution >= 4 is 0 Å². The highest BCUT2D eigenvalue weighted by molar-refractivity contribution is 4.72. The van der Waals surface area contributed by atoms with Crippen LogP contribution in [0.2, 0.25) is 0 Å². The highest BCUT2D eigenvalue weighted by atomic mass is 14.9. The van der Waals surface area contributed by atoms with Crippen molar-refractivity contribution in [3.8, 4) is 0 Å². The van der Waals surface area contributed by atoms with Crippen LogP contribution in [-0.4, -0.2) is 12.6 Å². The van der Waals surface area contributed by atoms with Crippen LogP contribution in [0.25, 0.3) is 0 Å². The third-order valence-corrected chi connectivity index (χ3v) is 2.76. The van der Waals surface area contributed by atoms with Crippen molar-refractivity contribution in [3.63, 3.8) is 0 Å². The summed E-state index contributed by atoms with van der Waals surface area (Å²) < 4.78 is 0. The fourth-order valence-corrected chi connectivity index (χ4v) is 1.85. The number of hydrogen-bond acceptors (Lipinski definition) is 1. The van der Waals surface area contributed by atoms with E-state index in [0.29, 0.717) is 0 Å². The number of hydrogen-bond donors (Lipinski definition) is 1. The molecule has 14 heavy (non-hydrogen) atoms. The standard InChI is InChI=1S/C7H15N.C6H14/c1-2-4-7-5-3-6-8-7;1-3-5-6-4-2/h7-8H,2-6H2,1H3;3-6H2,1-2H3. The van der Waals surface area contributed by atoms with Crippen molar-refractivity contribution in [2.24, 2.45) is 0 Å². The molecule has 1 heteroatoms. The zero-order valence-corrected chi connectivity index (χ0v) is 10.4. The molecule has 1 heterocycles. The minimum absolute atomic E-state index is 0.861. The summed E-state index contributed by atoms with van der Waals surface area (Å²) in [5, 5.41) is 3.46. The van der Waals surface area contributed by atoms with E-state index in [1.165, 1.54) is 57.9 Å². The molecule has 1 nitrogen and oxygen atoms in total. The molecule has 0 aromatic heterocycles. The van der Waals surface area contributed by atoms with Gasteiger partial charge in [0.25, 0.3) is 0 Å². The summed E-state index contributed by atoms with van der Waals surface area (Å²) in [5.74, 6) is 0. The Kier molecular flexibility index (Phi) is 11.0. The second-order valence-corrected chi connectivity index (χ2v) is 4.29. The molecule has 1 aliphatic heterocycles. The molecule has 0 bridgehead atoms. The van der Waals surface area contributed by atoms with Crippen LogP contribution in [0.3, 0.4) is 0 Å². The minimum atomic E-state index is 0.861. The molecule has 0 aliphatic carbocycles. The van der Waals surface area contributed by atoms with Gasteiger partial charge in [0.15, 0.2) is 0 Å². The van der Waals surface area contributed by atoms with Gasteiger partial charge in [-0.25, -0.2) is 0 Å². The van der Waals surface area contributed by atoms with Crippen molar-refractivity contribution in [2.45, 2.75) is 78.2 Å². The Bertz CT molecular complexity index is 91.4. The molecule has 0 aromatic rings. The highest BCUT2D eigenvalue weighted by Crippen LogP contribution is 2.09. The van der Waals surface area contributed by atoms with Crippen molar-refractivity contribution in [2.75, 3.05) is 6.54 Å². The summed E-state index contributed by atoms with van der Waals surface area (Å²) in [4.78, 5) is 0. The van der Waals surface area contributed by atoms with Crippen LogP contribution >= 0.6 is 0 Å². The lowest BCUT2D eigenvalue weighted by molar-refractivity contribution is 0.551. The summed E-state index contributed by atoms with van der Waals surface area (Å²) in [6, 6.07) is 0.861. The first-order valence-electron chi connectivity index (χ1n) is 6.58. The Hall–Kier alpha value is -0.0400. The fourth-order valence-electron chi connectivity index (χ4n) is 1.85. The first-order valence-corrected chi connectivity index (χ1v) is 6.58. The van der Waals surface area contributed by atoms with Crippen molar-refractivity contribution in [3.05, 3.63) is 0 Å². The van der Waals surface area contributed by atoms with Crippen LogP contribution in [0.15, 0.2) is 0 Å².